The van der Waals surface area contributed by atoms with Crippen LogP contribution in [-0.4, -0.2) is 40.8 Å². The Labute approximate surface area is 154 Å². The molecule has 0 spiro atoms. The van der Waals surface area contributed by atoms with Crippen molar-refractivity contribution < 1.29 is 9.59 Å². The fourth-order valence-corrected chi connectivity index (χ4v) is 3.40. The summed E-state index contributed by atoms with van der Waals surface area (Å²) in [4.78, 5) is 31.2. The van der Waals surface area contributed by atoms with E-state index in [1.165, 1.54) is 0 Å². The van der Waals surface area contributed by atoms with E-state index in [4.69, 9.17) is 0 Å². The molecule has 2 atom stereocenters. The zero-order chi connectivity index (χ0) is 18.5. The molecule has 5 nitrogen and oxygen atoms in total. The number of likely N-dealkylation sites (tertiary alicyclic amines) is 1. The Kier molecular flexibility index (Phi) is 5.66. The van der Waals surface area contributed by atoms with E-state index in [9.17, 15) is 9.59 Å². The first-order chi connectivity index (χ1) is 12.6. The van der Waals surface area contributed by atoms with Crippen molar-refractivity contribution in [3.63, 3.8) is 0 Å². The van der Waals surface area contributed by atoms with Gasteiger partial charge in [-0.25, -0.2) is 0 Å². The highest BCUT2D eigenvalue weighted by Gasteiger charge is 2.30. The zero-order valence-electron chi connectivity index (χ0n) is 15.3. The summed E-state index contributed by atoms with van der Waals surface area (Å²) in [6, 6.07) is 13.5. The van der Waals surface area contributed by atoms with E-state index in [1.807, 2.05) is 50.2 Å². The van der Waals surface area contributed by atoms with Crippen LogP contribution in [0.15, 0.2) is 48.7 Å². The van der Waals surface area contributed by atoms with Crippen LogP contribution < -0.4 is 5.32 Å². The minimum absolute atomic E-state index is 0.00243. The van der Waals surface area contributed by atoms with Crippen LogP contribution in [0.3, 0.4) is 0 Å². The standard InChI is InChI=1S/C21H25N3O2/c1-3-19(16-7-5-4-6-8-16)20(25)23-18-11-12-24(14-18)21(26)17-10-9-15(2)22-13-17/h4-10,13,18-19H,3,11-12,14H2,1-2H3,(H,23,25)/t18-,19+/m1/s1. The monoisotopic (exact) mass is 351 g/mol. The molecule has 0 aliphatic carbocycles. The van der Waals surface area contributed by atoms with Crippen LogP contribution >= 0.6 is 0 Å². The molecule has 1 aliphatic rings. The van der Waals surface area contributed by atoms with Crippen LogP contribution in [0.1, 0.15) is 47.3 Å². The Morgan fingerprint density at radius 3 is 2.65 bits per heavy atom. The van der Waals surface area contributed by atoms with Crippen LogP contribution in [0.2, 0.25) is 0 Å². The highest BCUT2D eigenvalue weighted by atomic mass is 16.2. The van der Waals surface area contributed by atoms with Gasteiger partial charge in [0.25, 0.3) is 5.91 Å². The SMILES string of the molecule is CC[C@H](C(=O)N[C@@H]1CCN(C(=O)c2ccc(C)nc2)C1)c1ccccc1. The molecule has 3 rings (SSSR count). The summed E-state index contributed by atoms with van der Waals surface area (Å²) in [5.74, 6) is -0.137. The van der Waals surface area contributed by atoms with Gasteiger partial charge >= 0.3 is 0 Å². The summed E-state index contributed by atoms with van der Waals surface area (Å²) in [6.45, 7) is 5.11. The van der Waals surface area contributed by atoms with Crippen LogP contribution in [0.5, 0.6) is 0 Å². The van der Waals surface area contributed by atoms with E-state index in [1.54, 1.807) is 17.2 Å². The molecule has 5 heteroatoms. The molecule has 0 saturated carbocycles. The van der Waals surface area contributed by atoms with Crippen LogP contribution in [0, 0.1) is 6.92 Å². The number of hydrogen-bond donors (Lipinski definition) is 1. The lowest BCUT2D eigenvalue weighted by Crippen LogP contribution is -2.40. The smallest absolute Gasteiger partial charge is 0.255 e. The first-order valence-electron chi connectivity index (χ1n) is 9.15. The van der Waals surface area contributed by atoms with Gasteiger partial charge in [-0.15, -0.1) is 0 Å². The Morgan fingerprint density at radius 1 is 1.23 bits per heavy atom. The third-order valence-electron chi connectivity index (χ3n) is 4.91. The maximum atomic E-state index is 12.7. The topological polar surface area (TPSA) is 62.3 Å². The maximum absolute atomic E-state index is 12.7. The predicted octanol–water partition coefficient (Wildman–Crippen LogP) is 2.91. The number of benzene rings is 1. The van der Waals surface area contributed by atoms with Crippen LogP contribution in [0.25, 0.3) is 0 Å². The fraction of sp³-hybridized carbons (Fsp3) is 0.381. The molecule has 1 fully saturated rings. The molecule has 1 saturated heterocycles. The molecule has 136 valence electrons. The fourth-order valence-electron chi connectivity index (χ4n) is 3.40. The number of rotatable bonds is 5. The molecule has 1 N–H and O–H groups in total. The summed E-state index contributed by atoms with van der Waals surface area (Å²) in [5.41, 5.74) is 2.52. The molecule has 1 aromatic carbocycles. The molecule has 26 heavy (non-hydrogen) atoms. The van der Waals surface area contributed by atoms with Crippen molar-refractivity contribution in [1.29, 1.82) is 0 Å². The van der Waals surface area contributed by atoms with Gasteiger partial charge in [-0.1, -0.05) is 37.3 Å². The molecule has 1 aliphatic heterocycles. The zero-order valence-corrected chi connectivity index (χ0v) is 15.3. The lowest BCUT2D eigenvalue weighted by Gasteiger charge is -2.20. The number of carbonyl (C=O) groups excluding carboxylic acids is 2. The molecular formula is C21H25N3O2. The molecule has 1 aromatic heterocycles. The van der Waals surface area contributed by atoms with E-state index in [0.29, 0.717) is 18.7 Å². The Morgan fingerprint density at radius 2 is 2.00 bits per heavy atom. The van der Waals surface area contributed by atoms with Crippen LogP contribution in [0.4, 0.5) is 0 Å². The van der Waals surface area contributed by atoms with Crippen molar-refractivity contribution in [2.24, 2.45) is 0 Å². The number of aryl methyl sites for hydroxylation is 1. The second-order valence-electron chi connectivity index (χ2n) is 6.81. The quantitative estimate of drug-likeness (QED) is 0.901. The second kappa shape index (κ2) is 8.13. The minimum atomic E-state index is -0.151. The van der Waals surface area contributed by atoms with E-state index in [2.05, 4.69) is 10.3 Å². The van der Waals surface area contributed by atoms with Crippen molar-refractivity contribution in [1.82, 2.24) is 15.2 Å². The molecular weight excluding hydrogens is 326 g/mol. The van der Waals surface area contributed by atoms with Gasteiger partial charge in [0.05, 0.1) is 11.5 Å². The third kappa shape index (κ3) is 4.10. The summed E-state index contributed by atoms with van der Waals surface area (Å²) >= 11 is 0. The molecule has 0 unspecified atom stereocenters. The van der Waals surface area contributed by atoms with E-state index in [0.717, 1.165) is 24.1 Å². The van der Waals surface area contributed by atoms with Crippen molar-refractivity contribution in [2.45, 2.75) is 38.6 Å². The number of hydrogen-bond acceptors (Lipinski definition) is 3. The Balaban J connectivity index is 1.59. The van der Waals surface area contributed by atoms with E-state index in [-0.39, 0.29) is 23.8 Å². The minimum Gasteiger partial charge on any atom is -0.351 e. The Bertz CT molecular complexity index is 759. The molecule has 2 heterocycles. The van der Waals surface area contributed by atoms with Crippen molar-refractivity contribution >= 4 is 11.8 Å². The van der Waals surface area contributed by atoms with Crippen LogP contribution in [-0.2, 0) is 4.79 Å². The largest absolute Gasteiger partial charge is 0.351 e. The average molecular weight is 351 g/mol. The molecule has 0 radical (unpaired) electrons. The maximum Gasteiger partial charge on any atom is 0.255 e. The van der Waals surface area contributed by atoms with Crippen molar-refractivity contribution in [3.05, 3.63) is 65.5 Å². The van der Waals surface area contributed by atoms with Gasteiger partial charge in [0, 0.05) is 31.0 Å². The van der Waals surface area contributed by atoms with E-state index >= 15 is 0 Å². The number of nitrogens with one attached hydrogen (secondary N) is 1. The third-order valence-corrected chi connectivity index (χ3v) is 4.91. The molecule has 2 aromatic rings. The Hall–Kier alpha value is -2.69. The normalized spacial score (nSPS) is 17.8. The van der Waals surface area contributed by atoms with Gasteiger partial charge in [-0.05, 0) is 37.5 Å². The van der Waals surface area contributed by atoms with Gasteiger partial charge in [0.2, 0.25) is 5.91 Å². The predicted molar refractivity (Wildman–Crippen MR) is 101 cm³/mol. The van der Waals surface area contributed by atoms with Crippen molar-refractivity contribution in [3.8, 4) is 0 Å². The number of aromatic nitrogens is 1. The second-order valence-corrected chi connectivity index (χ2v) is 6.81. The summed E-state index contributed by atoms with van der Waals surface area (Å²) < 4.78 is 0. The number of nitrogens with zero attached hydrogens (tertiary/aromatic N) is 2. The first kappa shape index (κ1) is 18.1. The van der Waals surface area contributed by atoms with Crippen molar-refractivity contribution in [2.75, 3.05) is 13.1 Å². The highest BCUT2D eigenvalue weighted by molar-refractivity contribution is 5.94. The van der Waals surface area contributed by atoms with Gasteiger partial charge in [0.15, 0.2) is 0 Å². The van der Waals surface area contributed by atoms with Gasteiger partial charge in [0.1, 0.15) is 0 Å². The van der Waals surface area contributed by atoms with Gasteiger partial charge < -0.3 is 10.2 Å². The number of pyridine rings is 1. The number of carbonyl (C=O) groups is 2. The first-order valence-corrected chi connectivity index (χ1v) is 9.15. The number of amides is 2. The molecule has 2 amide bonds. The van der Waals surface area contributed by atoms with Gasteiger partial charge in [-0.3, -0.25) is 14.6 Å². The summed E-state index contributed by atoms with van der Waals surface area (Å²) in [6.07, 6.45) is 3.15. The summed E-state index contributed by atoms with van der Waals surface area (Å²) in [5, 5.41) is 3.13. The lowest BCUT2D eigenvalue weighted by molar-refractivity contribution is -0.123. The van der Waals surface area contributed by atoms with E-state index < -0.39 is 0 Å². The lowest BCUT2D eigenvalue weighted by atomic mass is 9.95. The molecule has 0 bridgehead atoms. The summed E-state index contributed by atoms with van der Waals surface area (Å²) in [7, 11) is 0. The average Bonchev–Trinajstić information content (AvgIpc) is 3.11. The van der Waals surface area contributed by atoms with Gasteiger partial charge in [-0.2, -0.15) is 0 Å². The highest BCUT2D eigenvalue weighted by Crippen LogP contribution is 2.21.